The Labute approximate surface area is 165 Å². The van der Waals surface area contributed by atoms with Gasteiger partial charge in [0.05, 0.1) is 12.1 Å². The lowest BCUT2D eigenvalue weighted by molar-refractivity contribution is -0.114. The summed E-state index contributed by atoms with van der Waals surface area (Å²) < 4.78 is 11.0. The van der Waals surface area contributed by atoms with Crippen LogP contribution in [0.25, 0.3) is 6.08 Å². The van der Waals surface area contributed by atoms with Gasteiger partial charge in [-0.25, -0.2) is 0 Å². The number of halogens is 3. The molecule has 0 heterocycles. The fourth-order valence-corrected chi connectivity index (χ4v) is 2.81. The lowest BCUT2D eigenvalue weighted by atomic mass is 10.1. The molecule has 0 aliphatic heterocycles. The van der Waals surface area contributed by atoms with Crippen LogP contribution >= 0.6 is 34.8 Å². The number of methoxy groups -OCH3 is 1. The number of carbonyl (C=O) groups excluding carboxylic acids is 1. The molecule has 0 saturated carbocycles. The largest absolute Gasteiger partial charge is 0.493 e. The molecule has 0 aliphatic carbocycles. The second-order valence-corrected chi connectivity index (χ2v) is 6.34. The van der Waals surface area contributed by atoms with Crippen molar-refractivity contribution >= 4 is 46.8 Å². The Bertz CT molecular complexity index is 921. The third kappa shape index (κ3) is 4.83. The molecule has 8 heteroatoms. The van der Waals surface area contributed by atoms with Gasteiger partial charge < -0.3 is 15.2 Å². The third-order valence-electron chi connectivity index (χ3n) is 3.34. The highest BCUT2D eigenvalue weighted by Crippen LogP contribution is 2.38. The molecule has 0 fully saturated rings. The summed E-state index contributed by atoms with van der Waals surface area (Å²) in [6, 6.07) is 9.89. The number of nitrogens with two attached hydrogens (primary N) is 1. The van der Waals surface area contributed by atoms with Crippen LogP contribution in [0.15, 0.2) is 35.9 Å². The molecule has 0 aromatic heterocycles. The van der Waals surface area contributed by atoms with Gasteiger partial charge in [0.2, 0.25) is 0 Å². The quantitative estimate of drug-likeness (QED) is 0.555. The van der Waals surface area contributed by atoms with Gasteiger partial charge in [0, 0.05) is 15.6 Å². The number of nitrogens with zero attached hydrogens (tertiary/aromatic N) is 1. The molecule has 0 atom stereocenters. The van der Waals surface area contributed by atoms with E-state index in [-0.39, 0.29) is 17.2 Å². The number of amides is 1. The highest BCUT2D eigenvalue weighted by molar-refractivity contribution is 6.35. The number of rotatable bonds is 6. The van der Waals surface area contributed by atoms with Crippen LogP contribution in [-0.2, 0) is 11.4 Å². The minimum atomic E-state index is -0.833. The number of hydrogen-bond acceptors (Lipinski definition) is 4. The number of nitriles is 1. The van der Waals surface area contributed by atoms with Crippen LogP contribution in [0, 0.1) is 11.3 Å². The minimum absolute atomic E-state index is 0.145. The number of hydrogen-bond donors (Lipinski definition) is 1. The van der Waals surface area contributed by atoms with Crippen molar-refractivity contribution in [1.29, 1.82) is 5.26 Å². The number of ether oxygens (including phenoxy) is 2. The van der Waals surface area contributed by atoms with Crippen LogP contribution in [0.4, 0.5) is 0 Å². The van der Waals surface area contributed by atoms with Gasteiger partial charge in [0.15, 0.2) is 11.5 Å². The predicted octanol–water partition coefficient (Wildman–Crippen LogP) is 4.63. The Morgan fingerprint density at radius 2 is 1.96 bits per heavy atom. The van der Waals surface area contributed by atoms with Crippen molar-refractivity contribution in [2.45, 2.75) is 6.61 Å². The molecule has 0 saturated heterocycles. The molecule has 1 amide bonds. The number of primary amides is 1. The van der Waals surface area contributed by atoms with E-state index in [1.807, 2.05) is 0 Å². The average Bonchev–Trinajstić information content (AvgIpc) is 2.59. The standard InChI is InChI=1S/C18H13Cl3N2O3/c1-25-16-6-10(4-12(8-22)18(23)24)5-15(21)17(16)26-9-11-2-3-13(19)7-14(11)20/h2-7H,9H2,1H3,(H2,23,24)/b12-4+. The van der Waals surface area contributed by atoms with Crippen molar-refractivity contribution in [3.8, 4) is 17.6 Å². The SMILES string of the molecule is COc1cc(/C=C(\C#N)C(N)=O)cc(Cl)c1OCc1ccc(Cl)cc1Cl. The van der Waals surface area contributed by atoms with Crippen molar-refractivity contribution in [3.05, 3.63) is 62.1 Å². The molecule has 0 bridgehead atoms. The van der Waals surface area contributed by atoms with E-state index in [1.54, 1.807) is 30.3 Å². The molecule has 0 spiro atoms. The van der Waals surface area contributed by atoms with Gasteiger partial charge in [-0.2, -0.15) is 5.26 Å². The molecule has 134 valence electrons. The summed E-state index contributed by atoms with van der Waals surface area (Å²) in [6.07, 6.45) is 1.32. The average molecular weight is 412 g/mol. The summed E-state index contributed by atoms with van der Waals surface area (Å²) in [7, 11) is 1.45. The van der Waals surface area contributed by atoms with Crippen LogP contribution in [0.2, 0.25) is 15.1 Å². The summed E-state index contributed by atoms with van der Waals surface area (Å²) in [6.45, 7) is 0.145. The maximum atomic E-state index is 11.2. The second kappa shape index (κ2) is 8.81. The normalized spacial score (nSPS) is 11.0. The fraction of sp³-hybridized carbons (Fsp3) is 0.111. The van der Waals surface area contributed by atoms with E-state index in [2.05, 4.69) is 0 Å². The second-order valence-electron chi connectivity index (χ2n) is 5.09. The Hall–Kier alpha value is -2.39. The Morgan fingerprint density at radius 1 is 1.23 bits per heavy atom. The van der Waals surface area contributed by atoms with Crippen molar-refractivity contribution in [2.24, 2.45) is 5.73 Å². The van der Waals surface area contributed by atoms with Gasteiger partial charge >= 0.3 is 0 Å². The van der Waals surface area contributed by atoms with Gasteiger partial charge in [-0.1, -0.05) is 40.9 Å². The molecule has 26 heavy (non-hydrogen) atoms. The summed E-state index contributed by atoms with van der Waals surface area (Å²) in [5.41, 5.74) is 6.12. The van der Waals surface area contributed by atoms with Crippen molar-refractivity contribution in [3.63, 3.8) is 0 Å². The Balaban J connectivity index is 2.32. The molecule has 2 N–H and O–H groups in total. The van der Waals surface area contributed by atoms with E-state index < -0.39 is 5.91 Å². The van der Waals surface area contributed by atoms with Crippen molar-refractivity contribution in [2.75, 3.05) is 7.11 Å². The molecule has 2 aromatic rings. The summed E-state index contributed by atoms with van der Waals surface area (Å²) in [4.78, 5) is 11.2. The first-order valence-corrected chi connectivity index (χ1v) is 8.35. The summed E-state index contributed by atoms with van der Waals surface area (Å²) in [5, 5.41) is 10.2. The maximum Gasteiger partial charge on any atom is 0.259 e. The molecular weight excluding hydrogens is 399 g/mol. The third-order valence-corrected chi connectivity index (χ3v) is 4.20. The topological polar surface area (TPSA) is 85.3 Å². The van der Waals surface area contributed by atoms with Gasteiger partial charge in [0.1, 0.15) is 18.2 Å². The highest BCUT2D eigenvalue weighted by atomic mass is 35.5. The number of benzene rings is 2. The minimum Gasteiger partial charge on any atom is -0.493 e. The molecular formula is C18H13Cl3N2O3. The predicted molar refractivity (Wildman–Crippen MR) is 102 cm³/mol. The first-order chi connectivity index (χ1) is 12.3. The number of carbonyl (C=O) groups is 1. The van der Waals surface area contributed by atoms with Crippen LogP contribution in [0.3, 0.4) is 0 Å². The van der Waals surface area contributed by atoms with E-state index in [4.69, 9.17) is 55.3 Å². The summed E-state index contributed by atoms with van der Waals surface area (Å²) in [5.74, 6) is -0.203. The highest BCUT2D eigenvalue weighted by Gasteiger charge is 2.14. The first kappa shape index (κ1) is 19.9. The molecule has 2 aromatic carbocycles. The lowest BCUT2D eigenvalue weighted by Gasteiger charge is -2.14. The van der Waals surface area contributed by atoms with E-state index in [0.717, 1.165) is 5.56 Å². The zero-order valence-electron chi connectivity index (χ0n) is 13.6. The van der Waals surface area contributed by atoms with Crippen LogP contribution in [0.1, 0.15) is 11.1 Å². The van der Waals surface area contributed by atoms with Crippen molar-refractivity contribution < 1.29 is 14.3 Å². The Kier molecular flexibility index (Phi) is 6.76. The van der Waals surface area contributed by atoms with Gasteiger partial charge in [-0.3, -0.25) is 4.79 Å². The molecule has 0 aliphatic rings. The van der Waals surface area contributed by atoms with Gasteiger partial charge in [0.25, 0.3) is 5.91 Å². The lowest BCUT2D eigenvalue weighted by Crippen LogP contribution is -2.12. The van der Waals surface area contributed by atoms with Gasteiger partial charge in [-0.05, 0) is 35.9 Å². The fourth-order valence-electron chi connectivity index (χ4n) is 2.08. The van der Waals surface area contributed by atoms with Crippen molar-refractivity contribution in [1.82, 2.24) is 0 Å². The summed E-state index contributed by atoms with van der Waals surface area (Å²) >= 11 is 18.3. The van der Waals surface area contributed by atoms with E-state index in [9.17, 15) is 4.79 Å². The molecule has 2 rings (SSSR count). The van der Waals surface area contributed by atoms with Crippen LogP contribution in [-0.4, -0.2) is 13.0 Å². The molecule has 5 nitrogen and oxygen atoms in total. The molecule has 0 radical (unpaired) electrons. The van der Waals surface area contributed by atoms with E-state index >= 15 is 0 Å². The molecule has 0 unspecified atom stereocenters. The first-order valence-electron chi connectivity index (χ1n) is 7.21. The van der Waals surface area contributed by atoms with E-state index in [1.165, 1.54) is 19.3 Å². The zero-order valence-corrected chi connectivity index (χ0v) is 15.8. The Morgan fingerprint density at radius 3 is 2.54 bits per heavy atom. The van der Waals surface area contributed by atoms with E-state index in [0.29, 0.717) is 27.1 Å². The van der Waals surface area contributed by atoms with Crippen LogP contribution in [0.5, 0.6) is 11.5 Å². The smallest absolute Gasteiger partial charge is 0.259 e. The van der Waals surface area contributed by atoms with Gasteiger partial charge in [-0.15, -0.1) is 0 Å². The monoisotopic (exact) mass is 410 g/mol. The maximum absolute atomic E-state index is 11.2. The van der Waals surface area contributed by atoms with Crippen LogP contribution < -0.4 is 15.2 Å². The zero-order chi connectivity index (χ0) is 19.3.